The van der Waals surface area contributed by atoms with Crippen LogP contribution in [0.25, 0.3) is 0 Å². The van der Waals surface area contributed by atoms with Crippen LogP contribution in [0, 0.1) is 0 Å². The first-order valence-electron chi connectivity index (χ1n) is 6.03. The Bertz CT molecular complexity index is 584. The van der Waals surface area contributed by atoms with Gasteiger partial charge in [0.25, 0.3) is 0 Å². The largest absolute Gasteiger partial charge is 0.399 e. The topological polar surface area (TPSA) is 29.3 Å². The molecule has 0 heterocycles. The van der Waals surface area contributed by atoms with E-state index in [1.807, 2.05) is 43.4 Å². The van der Waals surface area contributed by atoms with Crippen molar-refractivity contribution in [1.82, 2.24) is 0 Å². The van der Waals surface area contributed by atoms with Gasteiger partial charge in [-0.1, -0.05) is 41.4 Å². The van der Waals surface area contributed by atoms with Gasteiger partial charge in [0.2, 0.25) is 0 Å². The molecule has 2 nitrogen and oxygen atoms in total. The van der Waals surface area contributed by atoms with E-state index in [1.165, 1.54) is 0 Å². The average Bonchev–Trinajstić information content (AvgIpc) is 2.38. The second-order valence-electron chi connectivity index (χ2n) is 4.52. The lowest BCUT2D eigenvalue weighted by molar-refractivity contribution is 0.740. The van der Waals surface area contributed by atoms with Crippen LogP contribution in [0.4, 0.5) is 11.4 Å². The fourth-order valence-electron chi connectivity index (χ4n) is 2.04. The molecule has 0 aliphatic carbocycles. The molecule has 2 rings (SSSR count). The molecule has 0 amide bonds. The monoisotopic (exact) mass is 294 g/mol. The van der Waals surface area contributed by atoms with Gasteiger partial charge in [0.05, 0.1) is 16.8 Å². The SMILES string of the molecule is CC(c1ccccc1Cl)N(C)c1ccc(N)cc1Cl. The summed E-state index contributed by atoms with van der Waals surface area (Å²) in [5.74, 6) is 0. The van der Waals surface area contributed by atoms with Crippen LogP contribution in [0.1, 0.15) is 18.5 Å². The molecule has 0 aliphatic rings. The summed E-state index contributed by atoms with van der Waals surface area (Å²) in [6.07, 6.45) is 0. The Balaban J connectivity index is 2.33. The van der Waals surface area contributed by atoms with E-state index in [-0.39, 0.29) is 6.04 Å². The van der Waals surface area contributed by atoms with Crippen LogP contribution < -0.4 is 10.6 Å². The Morgan fingerprint density at radius 1 is 1.05 bits per heavy atom. The summed E-state index contributed by atoms with van der Waals surface area (Å²) >= 11 is 12.5. The summed E-state index contributed by atoms with van der Waals surface area (Å²) in [5, 5.41) is 1.40. The number of benzene rings is 2. The summed E-state index contributed by atoms with van der Waals surface area (Å²) in [4.78, 5) is 2.09. The zero-order valence-corrected chi connectivity index (χ0v) is 12.4. The third kappa shape index (κ3) is 2.96. The van der Waals surface area contributed by atoms with E-state index < -0.39 is 0 Å². The second-order valence-corrected chi connectivity index (χ2v) is 5.33. The Morgan fingerprint density at radius 3 is 2.37 bits per heavy atom. The summed E-state index contributed by atoms with van der Waals surface area (Å²) in [6, 6.07) is 13.5. The lowest BCUT2D eigenvalue weighted by Gasteiger charge is -2.29. The Hall–Kier alpha value is -1.38. The Kier molecular flexibility index (Phi) is 4.23. The van der Waals surface area contributed by atoms with Crippen molar-refractivity contribution >= 4 is 34.6 Å². The molecule has 2 N–H and O–H groups in total. The maximum atomic E-state index is 6.24. The van der Waals surface area contributed by atoms with Gasteiger partial charge in [0.1, 0.15) is 0 Å². The highest BCUT2D eigenvalue weighted by atomic mass is 35.5. The van der Waals surface area contributed by atoms with Crippen LogP contribution in [-0.4, -0.2) is 7.05 Å². The molecular weight excluding hydrogens is 279 g/mol. The highest BCUT2D eigenvalue weighted by Crippen LogP contribution is 2.34. The lowest BCUT2D eigenvalue weighted by Crippen LogP contribution is -2.22. The maximum absolute atomic E-state index is 6.24. The zero-order valence-electron chi connectivity index (χ0n) is 10.9. The van der Waals surface area contributed by atoms with Crippen molar-refractivity contribution in [3.05, 3.63) is 58.1 Å². The minimum atomic E-state index is 0.120. The molecule has 0 saturated heterocycles. The van der Waals surface area contributed by atoms with Gasteiger partial charge in [-0.15, -0.1) is 0 Å². The van der Waals surface area contributed by atoms with Crippen molar-refractivity contribution in [3.8, 4) is 0 Å². The first-order valence-corrected chi connectivity index (χ1v) is 6.78. The molecule has 2 aromatic rings. The molecule has 4 heteroatoms. The van der Waals surface area contributed by atoms with E-state index in [9.17, 15) is 0 Å². The van der Waals surface area contributed by atoms with Gasteiger partial charge in [0.15, 0.2) is 0 Å². The summed E-state index contributed by atoms with van der Waals surface area (Å²) in [7, 11) is 1.99. The molecule has 1 unspecified atom stereocenters. The van der Waals surface area contributed by atoms with Crippen LogP contribution in [0.2, 0.25) is 10.0 Å². The number of nitrogens with zero attached hydrogens (tertiary/aromatic N) is 1. The van der Waals surface area contributed by atoms with E-state index in [1.54, 1.807) is 6.07 Å². The zero-order chi connectivity index (χ0) is 14.0. The van der Waals surface area contributed by atoms with E-state index in [4.69, 9.17) is 28.9 Å². The molecular formula is C15H16Cl2N2. The predicted molar refractivity (Wildman–Crippen MR) is 84.1 cm³/mol. The summed E-state index contributed by atoms with van der Waals surface area (Å²) in [5.41, 5.74) is 8.38. The van der Waals surface area contributed by atoms with Gasteiger partial charge < -0.3 is 10.6 Å². The van der Waals surface area contributed by atoms with Crippen molar-refractivity contribution in [2.75, 3.05) is 17.7 Å². The number of rotatable bonds is 3. The molecule has 0 radical (unpaired) electrons. The fourth-order valence-corrected chi connectivity index (χ4v) is 2.66. The summed E-state index contributed by atoms with van der Waals surface area (Å²) in [6.45, 7) is 2.09. The average molecular weight is 295 g/mol. The highest BCUT2D eigenvalue weighted by molar-refractivity contribution is 6.33. The number of halogens is 2. The number of anilines is 2. The molecule has 1 atom stereocenters. The molecule has 0 saturated carbocycles. The van der Waals surface area contributed by atoms with Gasteiger partial charge in [-0.2, -0.15) is 0 Å². The lowest BCUT2D eigenvalue weighted by atomic mass is 10.1. The minimum Gasteiger partial charge on any atom is -0.399 e. The van der Waals surface area contributed by atoms with Crippen LogP contribution >= 0.6 is 23.2 Å². The van der Waals surface area contributed by atoms with Crippen LogP contribution in [0.5, 0.6) is 0 Å². The number of hydrogen-bond donors (Lipinski definition) is 1. The Morgan fingerprint density at radius 2 is 1.74 bits per heavy atom. The normalized spacial score (nSPS) is 12.2. The van der Waals surface area contributed by atoms with Gasteiger partial charge >= 0.3 is 0 Å². The third-order valence-electron chi connectivity index (χ3n) is 3.29. The standard InChI is InChI=1S/C15H16Cl2N2/c1-10(12-5-3-4-6-13(12)16)19(2)15-8-7-11(18)9-14(15)17/h3-10H,18H2,1-2H3. The minimum absolute atomic E-state index is 0.120. The van der Waals surface area contributed by atoms with Crippen molar-refractivity contribution in [1.29, 1.82) is 0 Å². The predicted octanol–water partition coefficient (Wildman–Crippen LogP) is 4.77. The first kappa shape index (κ1) is 14.0. The molecule has 0 aliphatic heterocycles. The first-order chi connectivity index (χ1) is 9.00. The molecule has 0 fully saturated rings. The van der Waals surface area contributed by atoms with Crippen molar-refractivity contribution in [3.63, 3.8) is 0 Å². The molecule has 0 spiro atoms. The van der Waals surface area contributed by atoms with Crippen molar-refractivity contribution in [2.24, 2.45) is 0 Å². The fraction of sp³-hybridized carbons (Fsp3) is 0.200. The smallest absolute Gasteiger partial charge is 0.0660 e. The van der Waals surface area contributed by atoms with Crippen molar-refractivity contribution < 1.29 is 0 Å². The van der Waals surface area contributed by atoms with E-state index in [0.29, 0.717) is 10.7 Å². The van der Waals surface area contributed by atoms with Crippen LogP contribution in [0.3, 0.4) is 0 Å². The summed E-state index contributed by atoms with van der Waals surface area (Å²) < 4.78 is 0. The molecule has 0 aromatic heterocycles. The number of hydrogen-bond acceptors (Lipinski definition) is 2. The van der Waals surface area contributed by atoms with E-state index in [0.717, 1.165) is 16.3 Å². The number of nitrogens with two attached hydrogens (primary N) is 1. The van der Waals surface area contributed by atoms with Crippen LogP contribution in [0.15, 0.2) is 42.5 Å². The quantitative estimate of drug-likeness (QED) is 0.826. The van der Waals surface area contributed by atoms with Gasteiger partial charge in [0, 0.05) is 17.8 Å². The van der Waals surface area contributed by atoms with E-state index >= 15 is 0 Å². The maximum Gasteiger partial charge on any atom is 0.0660 e. The molecule has 100 valence electrons. The van der Waals surface area contributed by atoms with Crippen molar-refractivity contribution in [2.45, 2.75) is 13.0 Å². The molecule has 2 aromatic carbocycles. The molecule has 19 heavy (non-hydrogen) atoms. The van der Waals surface area contributed by atoms with Gasteiger partial charge in [-0.25, -0.2) is 0 Å². The van der Waals surface area contributed by atoms with Crippen LogP contribution in [-0.2, 0) is 0 Å². The van der Waals surface area contributed by atoms with Gasteiger partial charge in [-0.05, 0) is 36.8 Å². The highest BCUT2D eigenvalue weighted by Gasteiger charge is 2.16. The molecule has 0 bridgehead atoms. The second kappa shape index (κ2) is 5.72. The third-order valence-corrected chi connectivity index (χ3v) is 3.93. The van der Waals surface area contributed by atoms with E-state index in [2.05, 4.69) is 11.8 Å². The van der Waals surface area contributed by atoms with Gasteiger partial charge in [-0.3, -0.25) is 0 Å². The number of nitrogen functional groups attached to an aromatic ring is 1. The Labute approximate surface area is 123 Å².